The molecule has 202 valence electrons. The highest BCUT2D eigenvalue weighted by atomic mass is 16.4. The minimum atomic E-state index is -0.728. The van der Waals surface area contributed by atoms with E-state index in [2.05, 4.69) is 24.8 Å². The fourth-order valence-electron chi connectivity index (χ4n) is 9.61. The molecule has 7 atom stereocenters. The van der Waals surface area contributed by atoms with Crippen LogP contribution in [0.5, 0.6) is 0 Å². The Morgan fingerprint density at radius 1 is 1.14 bits per heavy atom. The van der Waals surface area contributed by atoms with Crippen LogP contribution in [0.1, 0.15) is 89.5 Å². The van der Waals surface area contributed by atoms with Gasteiger partial charge in [-0.3, -0.25) is 0 Å². The number of rotatable bonds is 5. The molecule has 3 saturated carbocycles. The van der Waals surface area contributed by atoms with E-state index in [1.54, 1.807) is 22.8 Å². The number of amides is 1. The number of fused-ring (bicyclic) bond motifs is 5. The summed E-state index contributed by atoms with van der Waals surface area (Å²) in [5.74, 6) is 2.35. The topological polar surface area (TPSA) is 74.0 Å². The van der Waals surface area contributed by atoms with E-state index in [0.29, 0.717) is 35.6 Å². The second-order valence-electron chi connectivity index (χ2n) is 13.2. The van der Waals surface area contributed by atoms with Crippen LogP contribution in [0.2, 0.25) is 0 Å². The summed E-state index contributed by atoms with van der Waals surface area (Å²) in [5.41, 5.74) is 3.01. The Balaban J connectivity index is 1.16. The van der Waals surface area contributed by atoms with Crippen LogP contribution in [0.4, 0.5) is 4.79 Å². The summed E-state index contributed by atoms with van der Waals surface area (Å²) in [6, 6.07) is 3.71. The summed E-state index contributed by atoms with van der Waals surface area (Å²) < 4.78 is 5.25. The lowest BCUT2D eigenvalue weighted by Crippen LogP contribution is -2.55. The van der Waals surface area contributed by atoms with Gasteiger partial charge in [-0.2, -0.15) is 0 Å². The van der Waals surface area contributed by atoms with Crippen LogP contribution in [-0.2, 0) is 0 Å². The van der Waals surface area contributed by atoms with Gasteiger partial charge in [-0.15, -0.1) is 0 Å². The van der Waals surface area contributed by atoms with E-state index in [9.17, 15) is 14.7 Å². The van der Waals surface area contributed by atoms with Gasteiger partial charge in [-0.1, -0.05) is 25.5 Å². The van der Waals surface area contributed by atoms with Crippen LogP contribution in [0.15, 0.2) is 39.3 Å². The third-order valence-electron chi connectivity index (χ3n) is 11.7. The Hall–Kier alpha value is -2.08. The van der Waals surface area contributed by atoms with Crippen molar-refractivity contribution in [3.05, 3.63) is 46.0 Å². The number of allylic oxidation sites excluding steroid dienone is 2. The van der Waals surface area contributed by atoms with Crippen LogP contribution >= 0.6 is 0 Å². The molecule has 2 heterocycles. The van der Waals surface area contributed by atoms with E-state index in [1.807, 2.05) is 6.07 Å². The first-order chi connectivity index (χ1) is 17.8. The van der Waals surface area contributed by atoms with Gasteiger partial charge in [0.15, 0.2) is 0 Å². The molecule has 1 amide bonds. The molecule has 0 spiro atoms. The van der Waals surface area contributed by atoms with Crippen LogP contribution in [0.3, 0.4) is 0 Å². The number of hydrogen-bond acceptors (Lipinski definition) is 4. The van der Waals surface area contributed by atoms with Gasteiger partial charge in [-0.05, 0) is 123 Å². The molecule has 6 nitrogen and oxygen atoms in total. The van der Waals surface area contributed by atoms with Crippen LogP contribution in [0, 0.1) is 28.6 Å². The first-order valence-electron chi connectivity index (χ1n) is 14.8. The molecule has 0 radical (unpaired) electrons. The van der Waals surface area contributed by atoms with Crippen molar-refractivity contribution in [3.63, 3.8) is 0 Å². The van der Waals surface area contributed by atoms with Crippen LogP contribution in [-0.4, -0.2) is 53.2 Å². The predicted molar refractivity (Wildman–Crippen MR) is 144 cm³/mol. The zero-order valence-corrected chi connectivity index (χ0v) is 22.7. The number of carboxylic acid groups (broad SMARTS) is 1. The lowest BCUT2D eigenvalue weighted by atomic mass is 9.45. The largest absolute Gasteiger partial charge is 0.465 e. The standard InChI is InChI=1S/C31H44N2O4/c1-30-13-11-23(33(29(35)36)18-17-32-15-3-4-16-32)19-22(30)6-7-24-26-9-8-25(21-5-10-28(34)37-20-21)31(26,2)14-12-27(24)30/h5,9-10,20,22-25,27H,3-4,6-8,11-19H2,1-2H3,(H,35,36)/t22-,23+,24+,25-,27+,30+,31-/m1/s1. The SMILES string of the molecule is C[C@]12CC[C@H](N(CCN3CCCC3)C(=O)O)C[C@H]1CC[C@H]1C3=CC[C@H](c4ccc(=O)oc4)[C@@]3(C)CC[C@@H]12. The molecule has 6 rings (SSSR count). The lowest BCUT2D eigenvalue weighted by molar-refractivity contribution is -0.0707. The highest BCUT2D eigenvalue weighted by molar-refractivity contribution is 5.65. The first-order valence-corrected chi connectivity index (χ1v) is 14.8. The number of carbonyl (C=O) groups is 1. The van der Waals surface area contributed by atoms with Gasteiger partial charge in [0.2, 0.25) is 0 Å². The monoisotopic (exact) mass is 508 g/mol. The average Bonchev–Trinajstić information content (AvgIpc) is 3.52. The van der Waals surface area contributed by atoms with E-state index in [0.717, 1.165) is 50.9 Å². The highest BCUT2D eigenvalue weighted by Crippen LogP contribution is 2.67. The Labute approximate surface area is 221 Å². The van der Waals surface area contributed by atoms with Crippen molar-refractivity contribution in [2.75, 3.05) is 26.2 Å². The summed E-state index contributed by atoms with van der Waals surface area (Å²) in [6.45, 7) is 8.78. The summed E-state index contributed by atoms with van der Waals surface area (Å²) in [4.78, 5) is 28.0. The maximum Gasteiger partial charge on any atom is 0.407 e. The molecule has 1 aliphatic heterocycles. The number of nitrogens with zero attached hydrogens (tertiary/aromatic N) is 2. The molecule has 1 N–H and O–H groups in total. The van der Waals surface area contributed by atoms with E-state index in [-0.39, 0.29) is 17.1 Å². The van der Waals surface area contributed by atoms with E-state index in [4.69, 9.17) is 4.42 Å². The van der Waals surface area contributed by atoms with E-state index in [1.165, 1.54) is 38.5 Å². The normalized spacial score (nSPS) is 39.4. The summed E-state index contributed by atoms with van der Waals surface area (Å²) in [7, 11) is 0. The van der Waals surface area contributed by atoms with Gasteiger partial charge in [0.05, 0.1) is 6.26 Å². The number of hydrogen-bond donors (Lipinski definition) is 1. The first kappa shape index (κ1) is 25.2. The minimum Gasteiger partial charge on any atom is -0.465 e. The van der Waals surface area contributed by atoms with Crippen molar-refractivity contribution in [3.8, 4) is 0 Å². The fraction of sp³-hybridized carbons (Fsp3) is 0.742. The van der Waals surface area contributed by atoms with Gasteiger partial charge in [0, 0.05) is 25.2 Å². The molecule has 1 saturated heterocycles. The number of likely N-dealkylation sites (tertiary alicyclic amines) is 1. The molecule has 37 heavy (non-hydrogen) atoms. The van der Waals surface area contributed by atoms with Gasteiger partial charge in [0.25, 0.3) is 0 Å². The molecule has 4 fully saturated rings. The van der Waals surface area contributed by atoms with Crippen molar-refractivity contribution < 1.29 is 14.3 Å². The van der Waals surface area contributed by atoms with E-state index >= 15 is 0 Å². The average molecular weight is 509 g/mol. The Morgan fingerprint density at radius 3 is 2.68 bits per heavy atom. The van der Waals surface area contributed by atoms with Gasteiger partial charge >= 0.3 is 11.7 Å². The summed E-state index contributed by atoms with van der Waals surface area (Å²) >= 11 is 0. The van der Waals surface area contributed by atoms with Gasteiger partial charge < -0.3 is 19.3 Å². The molecule has 0 bridgehead atoms. The summed E-state index contributed by atoms with van der Waals surface area (Å²) in [6.07, 6.45) is 15.1. The fourth-order valence-corrected chi connectivity index (χ4v) is 9.61. The van der Waals surface area contributed by atoms with Crippen molar-refractivity contribution in [2.24, 2.45) is 28.6 Å². The third kappa shape index (κ3) is 4.27. The molecular formula is C31H44N2O4. The zero-order chi connectivity index (χ0) is 25.8. The van der Waals surface area contributed by atoms with Crippen LogP contribution in [0.25, 0.3) is 0 Å². The van der Waals surface area contributed by atoms with Gasteiger partial charge in [0.1, 0.15) is 0 Å². The smallest absolute Gasteiger partial charge is 0.407 e. The summed E-state index contributed by atoms with van der Waals surface area (Å²) in [5, 5.41) is 10.1. The highest BCUT2D eigenvalue weighted by Gasteiger charge is 2.58. The van der Waals surface area contributed by atoms with Gasteiger partial charge in [-0.25, -0.2) is 9.59 Å². The molecule has 1 aromatic rings. The maximum absolute atomic E-state index is 12.3. The maximum atomic E-state index is 12.3. The van der Waals surface area contributed by atoms with Crippen molar-refractivity contribution in [1.82, 2.24) is 9.80 Å². The zero-order valence-electron chi connectivity index (χ0n) is 22.7. The van der Waals surface area contributed by atoms with E-state index < -0.39 is 6.09 Å². The molecule has 0 aromatic carbocycles. The Morgan fingerprint density at radius 2 is 1.95 bits per heavy atom. The minimum absolute atomic E-state index is 0.150. The second kappa shape index (κ2) is 9.59. The second-order valence-corrected chi connectivity index (χ2v) is 13.2. The Bertz CT molecular complexity index is 1090. The van der Waals surface area contributed by atoms with Crippen molar-refractivity contribution >= 4 is 6.09 Å². The predicted octanol–water partition coefficient (Wildman–Crippen LogP) is 6.13. The van der Waals surface area contributed by atoms with Crippen molar-refractivity contribution in [2.45, 2.75) is 90.0 Å². The molecule has 1 aromatic heterocycles. The van der Waals surface area contributed by atoms with Crippen molar-refractivity contribution in [1.29, 1.82) is 0 Å². The lowest BCUT2D eigenvalue weighted by Gasteiger charge is -2.60. The Kier molecular flexibility index (Phi) is 6.53. The molecule has 0 unspecified atom stereocenters. The molecule has 4 aliphatic carbocycles. The molecule has 5 aliphatic rings. The quantitative estimate of drug-likeness (QED) is 0.484. The molecule has 6 heteroatoms. The molecular weight excluding hydrogens is 464 g/mol. The third-order valence-corrected chi connectivity index (χ3v) is 11.7. The van der Waals surface area contributed by atoms with Crippen LogP contribution < -0.4 is 5.63 Å².